The lowest BCUT2D eigenvalue weighted by Gasteiger charge is -2.26. The SMILES string of the molecule is O=C(NC1CCC1)c1ccc(Br)c(F)c1F. The van der Waals surface area contributed by atoms with Gasteiger partial charge in [0, 0.05) is 6.04 Å². The summed E-state index contributed by atoms with van der Waals surface area (Å²) in [6, 6.07) is 2.71. The largest absolute Gasteiger partial charge is 0.349 e. The van der Waals surface area contributed by atoms with E-state index in [1.807, 2.05) is 0 Å². The summed E-state index contributed by atoms with van der Waals surface area (Å²) in [4.78, 5) is 11.6. The van der Waals surface area contributed by atoms with Crippen molar-refractivity contribution in [1.82, 2.24) is 5.32 Å². The smallest absolute Gasteiger partial charge is 0.254 e. The van der Waals surface area contributed by atoms with Gasteiger partial charge in [0.15, 0.2) is 11.6 Å². The Kier molecular flexibility index (Phi) is 3.23. The molecule has 0 heterocycles. The highest BCUT2D eigenvalue weighted by Gasteiger charge is 2.23. The molecule has 1 aliphatic rings. The molecule has 0 atom stereocenters. The lowest BCUT2D eigenvalue weighted by Crippen LogP contribution is -2.39. The molecule has 0 spiro atoms. The van der Waals surface area contributed by atoms with Crippen molar-refractivity contribution >= 4 is 21.8 Å². The molecule has 1 saturated carbocycles. The van der Waals surface area contributed by atoms with E-state index in [-0.39, 0.29) is 16.1 Å². The second-order valence-electron chi connectivity index (χ2n) is 3.82. The number of carbonyl (C=O) groups is 1. The molecule has 2 nitrogen and oxygen atoms in total. The van der Waals surface area contributed by atoms with Crippen LogP contribution < -0.4 is 5.32 Å². The summed E-state index contributed by atoms with van der Waals surface area (Å²) in [5, 5.41) is 2.66. The van der Waals surface area contributed by atoms with Gasteiger partial charge in [-0.15, -0.1) is 0 Å². The van der Waals surface area contributed by atoms with Crippen LogP contribution >= 0.6 is 15.9 Å². The van der Waals surface area contributed by atoms with Crippen molar-refractivity contribution in [3.05, 3.63) is 33.8 Å². The standard InChI is InChI=1S/C11H10BrF2NO/c12-8-5-4-7(9(13)10(8)14)11(16)15-6-2-1-3-6/h4-6H,1-3H2,(H,15,16). The first-order valence-corrected chi connectivity index (χ1v) is 5.83. The normalized spacial score (nSPS) is 15.7. The van der Waals surface area contributed by atoms with E-state index >= 15 is 0 Å². The molecule has 1 fully saturated rings. The third-order valence-electron chi connectivity index (χ3n) is 2.72. The molecule has 0 saturated heterocycles. The summed E-state index contributed by atoms with van der Waals surface area (Å²) in [7, 11) is 0. The number of rotatable bonds is 2. The lowest BCUT2D eigenvalue weighted by atomic mass is 9.93. The van der Waals surface area contributed by atoms with E-state index in [1.165, 1.54) is 12.1 Å². The third-order valence-corrected chi connectivity index (χ3v) is 3.33. The monoisotopic (exact) mass is 289 g/mol. The van der Waals surface area contributed by atoms with Crippen LogP contribution in [0, 0.1) is 11.6 Å². The van der Waals surface area contributed by atoms with Gasteiger partial charge in [0.05, 0.1) is 10.0 Å². The fraction of sp³-hybridized carbons (Fsp3) is 0.364. The van der Waals surface area contributed by atoms with Crippen LogP contribution in [0.5, 0.6) is 0 Å². The maximum Gasteiger partial charge on any atom is 0.254 e. The summed E-state index contributed by atoms with van der Waals surface area (Å²) >= 11 is 2.86. The number of nitrogens with one attached hydrogen (secondary N) is 1. The summed E-state index contributed by atoms with van der Waals surface area (Å²) in [5.41, 5.74) is -0.243. The maximum atomic E-state index is 13.4. The van der Waals surface area contributed by atoms with Crippen molar-refractivity contribution in [2.75, 3.05) is 0 Å². The van der Waals surface area contributed by atoms with Gasteiger partial charge in [-0.3, -0.25) is 4.79 Å². The zero-order chi connectivity index (χ0) is 11.7. The predicted octanol–water partition coefficient (Wildman–Crippen LogP) is 3.01. The molecule has 0 aromatic heterocycles. The molecule has 0 radical (unpaired) electrons. The lowest BCUT2D eigenvalue weighted by molar-refractivity contribution is 0.0911. The first-order valence-electron chi connectivity index (χ1n) is 5.04. The van der Waals surface area contributed by atoms with E-state index in [2.05, 4.69) is 21.2 Å². The van der Waals surface area contributed by atoms with Crippen molar-refractivity contribution in [3.8, 4) is 0 Å². The average Bonchev–Trinajstić information content (AvgIpc) is 2.20. The fourth-order valence-electron chi connectivity index (χ4n) is 1.52. The highest BCUT2D eigenvalue weighted by Crippen LogP contribution is 2.22. The Balaban J connectivity index is 2.19. The van der Waals surface area contributed by atoms with Gasteiger partial charge in [-0.1, -0.05) is 0 Å². The van der Waals surface area contributed by atoms with Crippen LogP contribution in [0.25, 0.3) is 0 Å². The molecule has 1 aliphatic carbocycles. The summed E-state index contributed by atoms with van der Waals surface area (Å²) < 4.78 is 26.6. The second-order valence-corrected chi connectivity index (χ2v) is 4.68. The van der Waals surface area contributed by atoms with Crippen LogP contribution in [0.15, 0.2) is 16.6 Å². The Morgan fingerprint density at radius 1 is 1.31 bits per heavy atom. The minimum Gasteiger partial charge on any atom is -0.349 e. The predicted molar refractivity (Wildman–Crippen MR) is 59.2 cm³/mol. The number of amides is 1. The van der Waals surface area contributed by atoms with Gasteiger partial charge < -0.3 is 5.32 Å². The van der Waals surface area contributed by atoms with Gasteiger partial charge in [-0.25, -0.2) is 8.78 Å². The Morgan fingerprint density at radius 3 is 2.56 bits per heavy atom. The van der Waals surface area contributed by atoms with Gasteiger partial charge in [-0.05, 0) is 47.3 Å². The molecule has 1 aromatic rings. The molecule has 86 valence electrons. The van der Waals surface area contributed by atoms with Crippen LogP contribution in [-0.4, -0.2) is 11.9 Å². The van der Waals surface area contributed by atoms with Crippen LogP contribution in [-0.2, 0) is 0 Å². The number of benzene rings is 1. The Bertz CT molecular complexity index is 432. The Labute approximate surface area is 100 Å². The summed E-state index contributed by atoms with van der Waals surface area (Å²) in [6.45, 7) is 0. The van der Waals surface area contributed by atoms with Crippen molar-refractivity contribution < 1.29 is 13.6 Å². The molecule has 0 unspecified atom stereocenters. The van der Waals surface area contributed by atoms with E-state index in [1.54, 1.807) is 0 Å². The minimum atomic E-state index is -1.11. The zero-order valence-corrected chi connectivity index (χ0v) is 9.98. The minimum absolute atomic E-state index is 0.0187. The highest BCUT2D eigenvalue weighted by molar-refractivity contribution is 9.10. The van der Waals surface area contributed by atoms with Crippen molar-refractivity contribution in [2.45, 2.75) is 25.3 Å². The Morgan fingerprint density at radius 2 is 2.00 bits per heavy atom. The molecule has 16 heavy (non-hydrogen) atoms. The molecular formula is C11H10BrF2NO. The Hall–Kier alpha value is -0.970. The highest BCUT2D eigenvalue weighted by atomic mass is 79.9. The average molecular weight is 290 g/mol. The molecule has 1 aromatic carbocycles. The first kappa shape index (κ1) is 11.5. The van der Waals surface area contributed by atoms with Crippen LogP contribution in [0.4, 0.5) is 8.78 Å². The van der Waals surface area contributed by atoms with Gasteiger partial charge in [0.25, 0.3) is 5.91 Å². The van der Waals surface area contributed by atoms with Crippen LogP contribution in [0.3, 0.4) is 0 Å². The zero-order valence-electron chi connectivity index (χ0n) is 8.40. The van der Waals surface area contributed by atoms with Crippen LogP contribution in [0.1, 0.15) is 29.6 Å². The molecule has 0 aliphatic heterocycles. The van der Waals surface area contributed by atoms with E-state index in [4.69, 9.17) is 0 Å². The molecule has 0 bridgehead atoms. The van der Waals surface area contributed by atoms with Crippen LogP contribution in [0.2, 0.25) is 0 Å². The van der Waals surface area contributed by atoms with Crippen molar-refractivity contribution in [3.63, 3.8) is 0 Å². The summed E-state index contributed by atoms with van der Waals surface area (Å²) in [6.07, 6.45) is 2.89. The molecule has 2 rings (SSSR count). The van der Waals surface area contributed by atoms with Gasteiger partial charge in [-0.2, -0.15) is 0 Å². The van der Waals surface area contributed by atoms with Gasteiger partial charge in [0.2, 0.25) is 0 Å². The number of hydrogen-bond donors (Lipinski definition) is 1. The topological polar surface area (TPSA) is 29.1 Å². The number of hydrogen-bond acceptors (Lipinski definition) is 1. The fourth-order valence-corrected chi connectivity index (χ4v) is 1.82. The summed E-state index contributed by atoms with van der Waals surface area (Å²) in [5.74, 6) is -2.68. The number of carbonyl (C=O) groups excluding carboxylic acids is 1. The van der Waals surface area contributed by atoms with Crippen molar-refractivity contribution in [2.24, 2.45) is 0 Å². The third kappa shape index (κ3) is 2.09. The molecular weight excluding hydrogens is 280 g/mol. The van der Waals surface area contributed by atoms with Crippen molar-refractivity contribution in [1.29, 1.82) is 0 Å². The molecule has 1 amide bonds. The van der Waals surface area contributed by atoms with Gasteiger partial charge in [0.1, 0.15) is 0 Å². The van der Waals surface area contributed by atoms with E-state index in [0.717, 1.165) is 19.3 Å². The molecule has 1 N–H and O–H groups in total. The quantitative estimate of drug-likeness (QED) is 0.833. The number of halogens is 3. The van der Waals surface area contributed by atoms with E-state index in [9.17, 15) is 13.6 Å². The maximum absolute atomic E-state index is 13.4. The van der Waals surface area contributed by atoms with E-state index in [0.29, 0.717) is 0 Å². The first-order chi connectivity index (χ1) is 7.59. The second kappa shape index (κ2) is 4.49. The van der Waals surface area contributed by atoms with Gasteiger partial charge >= 0.3 is 0 Å². The molecule has 5 heteroatoms. The van der Waals surface area contributed by atoms with E-state index < -0.39 is 17.5 Å².